The molecule has 1 aromatic heterocycles. The zero-order valence-electron chi connectivity index (χ0n) is 14.7. The molecule has 0 amide bonds. The van der Waals surface area contributed by atoms with Gasteiger partial charge in [0.25, 0.3) is 0 Å². The van der Waals surface area contributed by atoms with E-state index in [1.807, 2.05) is 0 Å². The number of hydrogen-bond acceptors (Lipinski definition) is 0. The van der Waals surface area contributed by atoms with Gasteiger partial charge in [-0.3, -0.25) is 0 Å². The predicted molar refractivity (Wildman–Crippen MR) is 102 cm³/mol. The minimum atomic E-state index is 1.28. The van der Waals surface area contributed by atoms with Crippen LogP contribution in [0.3, 0.4) is 0 Å². The van der Waals surface area contributed by atoms with E-state index in [0.29, 0.717) is 0 Å². The van der Waals surface area contributed by atoms with Crippen LogP contribution in [0.2, 0.25) is 0 Å². The largest absolute Gasteiger partial charge is 0.213 e. The van der Waals surface area contributed by atoms with E-state index in [-0.39, 0.29) is 0 Å². The maximum absolute atomic E-state index is 2.32. The van der Waals surface area contributed by atoms with Gasteiger partial charge in [-0.1, -0.05) is 48.5 Å². The van der Waals surface area contributed by atoms with Crippen LogP contribution >= 0.6 is 0 Å². The highest BCUT2D eigenvalue weighted by Crippen LogP contribution is 2.35. The molecule has 0 saturated carbocycles. The summed E-state index contributed by atoms with van der Waals surface area (Å²) in [6.07, 6.45) is 2.23. The average molecular weight is 312 g/mol. The molecule has 0 atom stereocenters. The zero-order chi connectivity index (χ0) is 16.8. The summed E-state index contributed by atoms with van der Waals surface area (Å²) in [6, 6.07) is 19.9. The van der Waals surface area contributed by atoms with Crippen LogP contribution in [0.5, 0.6) is 0 Å². The van der Waals surface area contributed by atoms with E-state index in [2.05, 4.69) is 93.2 Å². The number of aryl methyl sites for hydroxylation is 4. The summed E-state index contributed by atoms with van der Waals surface area (Å²) in [5, 5.41) is 5.27. The van der Waals surface area contributed by atoms with Gasteiger partial charge < -0.3 is 0 Å². The van der Waals surface area contributed by atoms with E-state index < -0.39 is 0 Å². The molecule has 0 fully saturated rings. The normalized spacial score (nSPS) is 11.3. The molecule has 0 saturated heterocycles. The molecule has 0 aliphatic rings. The summed E-state index contributed by atoms with van der Waals surface area (Å²) in [4.78, 5) is 0. The fraction of sp³-hybridized carbons (Fsp3) is 0.174. The first kappa shape index (κ1) is 14.9. The maximum Gasteiger partial charge on any atom is 0.213 e. The van der Waals surface area contributed by atoms with E-state index in [1.165, 1.54) is 49.5 Å². The maximum atomic E-state index is 2.32. The minimum absolute atomic E-state index is 1.28. The van der Waals surface area contributed by atoms with Gasteiger partial charge in [-0.05, 0) is 48.1 Å². The van der Waals surface area contributed by atoms with Gasteiger partial charge in [-0.15, -0.1) is 0 Å². The molecular formula is C23H22N+. The van der Waals surface area contributed by atoms with Crippen LogP contribution in [-0.2, 0) is 7.05 Å². The third kappa shape index (κ3) is 2.20. The number of rotatable bonds is 1. The smallest absolute Gasteiger partial charge is 0.201 e. The fourth-order valence-corrected chi connectivity index (χ4v) is 3.66. The van der Waals surface area contributed by atoms with Crippen molar-refractivity contribution < 1.29 is 4.57 Å². The quantitative estimate of drug-likeness (QED) is 0.327. The molecule has 24 heavy (non-hydrogen) atoms. The first-order valence-corrected chi connectivity index (χ1v) is 8.44. The lowest BCUT2D eigenvalue weighted by atomic mass is 9.92. The van der Waals surface area contributed by atoms with Crippen LogP contribution in [-0.4, -0.2) is 0 Å². The van der Waals surface area contributed by atoms with Gasteiger partial charge in [0, 0.05) is 17.0 Å². The fourth-order valence-electron chi connectivity index (χ4n) is 3.66. The molecule has 4 aromatic rings. The first-order valence-electron chi connectivity index (χ1n) is 8.44. The summed E-state index contributed by atoms with van der Waals surface area (Å²) >= 11 is 0. The van der Waals surface area contributed by atoms with E-state index >= 15 is 0 Å². The molecule has 4 rings (SSSR count). The second-order valence-corrected chi connectivity index (χ2v) is 6.78. The van der Waals surface area contributed by atoms with E-state index in [9.17, 15) is 0 Å². The second-order valence-electron chi connectivity index (χ2n) is 6.78. The summed E-state index contributed by atoms with van der Waals surface area (Å²) < 4.78 is 2.26. The van der Waals surface area contributed by atoms with Crippen molar-refractivity contribution in [3.8, 4) is 11.3 Å². The molecule has 0 spiro atoms. The summed E-state index contributed by atoms with van der Waals surface area (Å²) in [6.45, 7) is 6.58. The van der Waals surface area contributed by atoms with Crippen molar-refractivity contribution in [2.24, 2.45) is 7.05 Å². The van der Waals surface area contributed by atoms with Crippen molar-refractivity contribution in [2.75, 3.05) is 0 Å². The van der Waals surface area contributed by atoms with Crippen LogP contribution in [0.25, 0.3) is 32.8 Å². The van der Waals surface area contributed by atoms with Crippen LogP contribution in [0.4, 0.5) is 0 Å². The summed E-state index contributed by atoms with van der Waals surface area (Å²) in [7, 11) is 2.14. The van der Waals surface area contributed by atoms with Crippen molar-refractivity contribution in [1.82, 2.24) is 0 Å². The van der Waals surface area contributed by atoms with Crippen LogP contribution in [0, 0.1) is 20.8 Å². The molecular weight excluding hydrogens is 290 g/mol. The van der Waals surface area contributed by atoms with Crippen molar-refractivity contribution >= 4 is 21.5 Å². The van der Waals surface area contributed by atoms with Crippen LogP contribution in [0.15, 0.2) is 60.8 Å². The monoisotopic (exact) mass is 312 g/mol. The van der Waals surface area contributed by atoms with Gasteiger partial charge in [0.15, 0.2) is 6.20 Å². The SMILES string of the molecule is Cc1cc(-c2c(C)ccc3ccc4ccccc4c23)[n+](C)cc1C. The highest BCUT2D eigenvalue weighted by molar-refractivity contribution is 6.14. The third-order valence-corrected chi connectivity index (χ3v) is 5.12. The lowest BCUT2D eigenvalue weighted by Gasteiger charge is -2.13. The number of hydrogen-bond donors (Lipinski definition) is 0. The third-order valence-electron chi connectivity index (χ3n) is 5.12. The Labute approximate surface area is 143 Å². The van der Waals surface area contributed by atoms with Crippen LogP contribution in [0.1, 0.15) is 16.7 Å². The van der Waals surface area contributed by atoms with Gasteiger partial charge in [-0.2, -0.15) is 0 Å². The van der Waals surface area contributed by atoms with Gasteiger partial charge >= 0.3 is 0 Å². The average Bonchev–Trinajstić information content (AvgIpc) is 2.58. The van der Waals surface area contributed by atoms with Gasteiger partial charge in [-0.25, -0.2) is 4.57 Å². The molecule has 3 aromatic carbocycles. The van der Waals surface area contributed by atoms with E-state index in [0.717, 1.165) is 0 Å². The van der Waals surface area contributed by atoms with E-state index in [4.69, 9.17) is 0 Å². The lowest BCUT2D eigenvalue weighted by molar-refractivity contribution is -0.660. The molecule has 0 bridgehead atoms. The van der Waals surface area contributed by atoms with Gasteiger partial charge in [0.05, 0.1) is 5.56 Å². The molecule has 1 nitrogen and oxygen atoms in total. The molecule has 0 unspecified atom stereocenters. The molecule has 0 radical (unpaired) electrons. The van der Waals surface area contributed by atoms with Crippen molar-refractivity contribution in [1.29, 1.82) is 0 Å². The van der Waals surface area contributed by atoms with Crippen molar-refractivity contribution in [2.45, 2.75) is 20.8 Å². The van der Waals surface area contributed by atoms with Crippen molar-refractivity contribution in [3.63, 3.8) is 0 Å². The Hall–Kier alpha value is -2.67. The Kier molecular flexibility index (Phi) is 3.38. The Bertz CT molecular complexity index is 1090. The number of nitrogens with zero attached hydrogens (tertiary/aromatic N) is 1. The summed E-state index contributed by atoms with van der Waals surface area (Å²) in [5.41, 5.74) is 6.59. The number of pyridine rings is 1. The van der Waals surface area contributed by atoms with Gasteiger partial charge in [0.1, 0.15) is 7.05 Å². The Morgan fingerprint density at radius 1 is 0.708 bits per heavy atom. The van der Waals surface area contributed by atoms with Gasteiger partial charge in [0.2, 0.25) is 5.69 Å². The Balaban J connectivity index is 2.21. The Morgan fingerprint density at radius 3 is 2.25 bits per heavy atom. The molecule has 1 heteroatoms. The molecule has 118 valence electrons. The standard InChI is InChI=1S/C23H22N/c1-15-9-10-19-12-11-18-7-5-6-8-20(18)23(19)22(15)21-13-16(2)17(3)14-24(21)4/h5-14H,1-4H3/q+1. The molecule has 0 aliphatic carbocycles. The highest BCUT2D eigenvalue weighted by Gasteiger charge is 2.18. The van der Waals surface area contributed by atoms with Crippen molar-refractivity contribution in [3.05, 3.63) is 77.5 Å². The van der Waals surface area contributed by atoms with Crippen LogP contribution < -0.4 is 4.57 Å². The minimum Gasteiger partial charge on any atom is -0.201 e. The van der Waals surface area contributed by atoms with E-state index in [1.54, 1.807) is 0 Å². The number of aromatic nitrogens is 1. The molecule has 0 aliphatic heterocycles. The summed E-state index contributed by atoms with van der Waals surface area (Å²) in [5.74, 6) is 0. The first-order chi connectivity index (χ1) is 11.6. The predicted octanol–water partition coefficient (Wildman–Crippen LogP) is 5.41. The highest BCUT2D eigenvalue weighted by atomic mass is 14.9. The topological polar surface area (TPSA) is 3.88 Å². The molecule has 1 heterocycles. The molecule has 0 N–H and O–H groups in total. The second kappa shape index (κ2) is 5.45. The zero-order valence-corrected chi connectivity index (χ0v) is 14.7. The Morgan fingerprint density at radius 2 is 1.42 bits per heavy atom. The number of fused-ring (bicyclic) bond motifs is 3. The lowest BCUT2D eigenvalue weighted by Crippen LogP contribution is -2.31. The number of benzene rings is 3.